The first-order valence-corrected chi connectivity index (χ1v) is 20.6. The minimum atomic E-state index is -1.55. The van der Waals surface area contributed by atoms with Crippen molar-refractivity contribution in [2.45, 2.75) is 118 Å². The summed E-state index contributed by atoms with van der Waals surface area (Å²) < 4.78 is 20.2. The molecule has 4 amide bonds. The highest BCUT2D eigenvalue weighted by Crippen LogP contribution is 2.23. The van der Waals surface area contributed by atoms with Crippen LogP contribution in [0.1, 0.15) is 94.9 Å². The van der Waals surface area contributed by atoms with Crippen LogP contribution in [0.4, 0.5) is 0 Å². The van der Waals surface area contributed by atoms with Gasteiger partial charge >= 0.3 is 23.9 Å². The summed E-state index contributed by atoms with van der Waals surface area (Å²) in [5.74, 6) is -4.18. The normalized spacial score (nSPS) is 13.0. The van der Waals surface area contributed by atoms with Crippen LogP contribution in [0, 0.1) is 10.8 Å². The molecule has 0 aromatic carbocycles. The summed E-state index contributed by atoms with van der Waals surface area (Å²) in [6.45, 7) is 16.0. The van der Waals surface area contributed by atoms with E-state index in [1.807, 2.05) is 0 Å². The monoisotopic (exact) mass is 838 g/mol. The average molecular weight is 839 g/mol. The molecule has 2 atom stereocenters. The Balaban J connectivity index is 4.12. The zero-order valence-corrected chi connectivity index (χ0v) is 35.9. The first-order valence-electron chi connectivity index (χ1n) is 18.1. The fourth-order valence-electron chi connectivity index (χ4n) is 4.04. The molecule has 0 bridgehead atoms. The first kappa shape index (κ1) is 52.4. The van der Waals surface area contributed by atoms with Crippen LogP contribution in [0.3, 0.4) is 0 Å². The second-order valence-electron chi connectivity index (χ2n) is 16.1. The van der Waals surface area contributed by atoms with Gasteiger partial charge in [-0.15, -0.1) is 0 Å². The van der Waals surface area contributed by atoms with Gasteiger partial charge in [0.15, 0.2) is 0 Å². The topological polar surface area (TPSA) is 262 Å². The Bertz CT molecular complexity index is 1250. The summed E-state index contributed by atoms with van der Waals surface area (Å²) in [4.78, 5) is 96.6. The number of nitrogens with one attached hydrogen (secondary N) is 4. The average Bonchev–Trinajstić information content (AvgIpc) is 3.05. The highest BCUT2D eigenvalue weighted by molar-refractivity contribution is 8.76. The molecule has 0 rings (SSSR count). The maximum Gasteiger partial charge on any atom is 0.317 e. The van der Waals surface area contributed by atoms with Crippen molar-refractivity contribution in [3.05, 3.63) is 0 Å². The predicted octanol–water partition coefficient (Wildman–Crippen LogP) is 0.937. The van der Waals surface area contributed by atoms with Crippen LogP contribution in [0.25, 0.3) is 0 Å². The fourth-order valence-corrected chi connectivity index (χ4v) is 5.86. The van der Waals surface area contributed by atoms with E-state index in [0.717, 1.165) is 0 Å². The summed E-state index contributed by atoms with van der Waals surface area (Å²) >= 11 is 0. The second kappa shape index (κ2) is 24.9. The summed E-state index contributed by atoms with van der Waals surface area (Å²) in [5, 5.41) is 31.3. The molecule has 0 heterocycles. The van der Waals surface area contributed by atoms with Gasteiger partial charge in [-0.1, -0.05) is 49.3 Å². The molecule has 0 aliphatic heterocycles. The van der Waals surface area contributed by atoms with E-state index in [1.165, 1.54) is 49.3 Å². The molecule has 0 aromatic heterocycles. The van der Waals surface area contributed by atoms with Gasteiger partial charge in [0.25, 0.3) is 0 Å². The lowest BCUT2D eigenvalue weighted by Gasteiger charge is -2.29. The van der Waals surface area contributed by atoms with E-state index < -0.39 is 82.8 Å². The van der Waals surface area contributed by atoms with Gasteiger partial charge in [-0.2, -0.15) is 0 Å². The molecule has 0 spiro atoms. The van der Waals surface area contributed by atoms with Gasteiger partial charge in [-0.25, -0.2) is 0 Å². The van der Waals surface area contributed by atoms with Crippen LogP contribution < -0.4 is 21.3 Å². The molecular weight excluding hydrogens is 777 g/mol. The van der Waals surface area contributed by atoms with Gasteiger partial charge in [0, 0.05) is 61.4 Å². The van der Waals surface area contributed by atoms with E-state index in [0.29, 0.717) is 24.6 Å². The molecule has 0 aliphatic rings. The molecule has 20 heteroatoms. The number of carbonyl (C=O) groups is 8. The third kappa shape index (κ3) is 25.5. The Morgan fingerprint density at radius 3 is 1.12 bits per heavy atom. The molecule has 0 fully saturated rings. The number of hydrogen-bond acceptors (Lipinski definition) is 16. The number of carbonyl (C=O) groups excluding carboxylic acids is 8. The lowest BCUT2D eigenvalue weighted by molar-refractivity contribution is -0.166. The van der Waals surface area contributed by atoms with Crippen LogP contribution >= 0.6 is 21.6 Å². The molecule has 6 N–H and O–H groups in total. The van der Waals surface area contributed by atoms with Crippen molar-refractivity contribution < 1.29 is 67.5 Å². The van der Waals surface area contributed by atoms with Crippen molar-refractivity contribution in [2.24, 2.45) is 10.8 Å². The standard InChI is InChI=1S/C36H62N4O14S2/c1-33(2,3)53-27(45)19-25(43)51-21-35(7,8)29(47)31(49)39-13-11-23(41)37-15-17-55-56-18-16-38-24(42)12-14-40-32(50)30(48)36(9,10)22-52-26(44)20-28(46)54-34(4,5)6/h29-30,47-48H,11-22H2,1-10H3,(H,37,41)(H,38,42)(H,39,49)(H,40,50)/t29-,30-/m0/s1. The summed E-state index contributed by atoms with van der Waals surface area (Å²) in [6.07, 6.45) is -4.38. The van der Waals surface area contributed by atoms with Crippen LogP contribution in [0.5, 0.6) is 0 Å². The number of amides is 4. The highest BCUT2D eigenvalue weighted by atomic mass is 33.1. The molecule has 56 heavy (non-hydrogen) atoms. The van der Waals surface area contributed by atoms with Gasteiger partial charge in [0.2, 0.25) is 23.6 Å². The maximum atomic E-state index is 12.4. The Labute approximate surface area is 337 Å². The smallest absolute Gasteiger partial charge is 0.317 e. The minimum Gasteiger partial charge on any atom is -0.465 e. The van der Waals surface area contributed by atoms with Crippen molar-refractivity contribution in [1.29, 1.82) is 0 Å². The predicted molar refractivity (Wildman–Crippen MR) is 209 cm³/mol. The first-order chi connectivity index (χ1) is 25.6. The van der Waals surface area contributed by atoms with Crippen molar-refractivity contribution in [2.75, 3.05) is 50.9 Å². The quantitative estimate of drug-likeness (QED) is 0.0246. The molecule has 0 aromatic rings. The van der Waals surface area contributed by atoms with Crippen LogP contribution in [0.2, 0.25) is 0 Å². The number of esters is 4. The van der Waals surface area contributed by atoms with E-state index in [9.17, 15) is 48.6 Å². The van der Waals surface area contributed by atoms with E-state index in [1.54, 1.807) is 41.5 Å². The summed E-state index contributed by atoms with van der Waals surface area (Å²) in [7, 11) is 2.96. The van der Waals surface area contributed by atoms with Crippen molar-refractivity contribution in [3.8, 4) is 0 Å². The molecular formula is C36H62N4O14S2. The Morgan fingerprint density at radius 1 is 0.500 bits per heavy atom. The number of aliphatic hydroxyl groups excluding tert-OH is 2. The summed E-state index contributed by atoms with van der Waals surface area (Å²) in [5.41, 5.74) is -3.88. The van der Waals surface area contributed by atoms with Crippen LogP contribution in [0.15, 0.2) is 0 Å². The lowest BCUT2D eigenvalue weighted by Crippen LogP contribution is -2.47. The molecule has 0 saturated carbocycles. The minimum absolute atomic E-state index is 0.0302. The van der Waals surface area contributed by atoms with Gasteiger partial charge in [0.05, 0.1) is 13.2 Å². The van der Waals surface area contributed by atoms with Gasteiger partial charge in [0.1, 0.15) is 36.3 Å². The van der Waals surface area contributed by atoms with Crippen molar-refractivity contribution in [3.63, 3.8) is 0 Å². The van der Waals surface area contributed by atoms with Crippen molar-refractivity contribution in [1.82, 2.24) is 21.3 Å². The largest absolute Gasteiger partial charge is 0.465 e. The molecule has 0 radical (unpaired) electrons. The van der Waals surface area contributed by atoms with Gasteiger partial charge in [-0.05, 0) is 41.5 Å². The SMILES string of the molecule is CC(C)(C)OC(=O)CC(=O)OCC(C)(C)[C@@H](O)C(=O)NCCC(=O)NCCSSCCNC(=O)CCNC(=O)[C@H](O)C(C)(C)COC(=O)CC(=O)OC(C)(C)C. The Morgan fingerprint density at radius 2 is 0.821 bits per heavy atom. The number of ether oxygens (including phenoxy) is 4. The maximum absolute atomic E-state index is 12.4. The van der Waals surface area contributed by atoms with Gasteiger partial charge < -0.3 is 50.4 Å². The molecule has 18 nitrogen and oxygen atoms in total. The second-order valence-corrected chi connectivity index (χ2v) is 18.8. The molecule has 322 valence electrons. The van der Waals surface area contributed by atoms with E-state index in [2.05, 4.69) is 21.3 Å². The third-order valence-electron chi connectivity index (χ3n) is 7.01. The third-order valence-corrected chi connectivity index (χ3v) is 9.41. The van der Waals surface area contributed by atoms with E-state index in [4.69, 9.17) is 18.9 Å². The number of aliphatic hydroxyl groups is 2. The lowest BCUT2D eigenvalue weighted by atomic mass is 9.87. The number of hydrogen-bond donors (Lipinski definition) is 6. The van der Waals surface area contributed by atoms with Crippen LogP contribution in [-0.4, -0.2) is 132 Å². The molecule has 0 unspecified atom stereocenters. The van der Waals surface area contributed by atoms with Gasteiger partial charge in [-0.3, -0.25) is 38.4 Å². The molecule has 0 aliphatic carbocycles. The van der Waals surface area contributed by atoms with Crippen LogP contribution in [-0.2, 0) is 57.3 Å². The van der Waals surface area contributed by atoms with E-state index in [-0.39, 0.29) is 51.0 Å². The fraction of sp³-hybridized carbons (Fsp3) is 0.778. The highest BCUT2D eigenvalue weighted by Gasteiger charge is 2.36. The number of rotatable bonds is 25. The molecule has 0 saturated heterocycles. The Kier molecular flexibility index (Phi) is 23.3. The zero-order valence-electron chi connectivity index (χ0n) is 34.2. The Hall–Kier alpha value is -3.62. The van der Waals surface area contributed by atoms with Crippen molar-refractivity contribution >= 4 is 69.1 Å². The summed E-state index contributed by atoms with van der Waals surface area (Å²) in [6, 6.07) is 0. The van der Waals surface area contributed by atoms with E-state index >= 15 is 0 Å². The zero-order chi connectivity index (χ0) is 43.3.